The minimum atomic E-state index is -0.518. The van der Waals surface area contributed by atoms with Crippen molar-refractivity contribution in [2.24, 2.45) is 5.73 Å². The van der Waals surface area contributed by atoms with Gasteiger partial charge in [0, 0.05) is 6.20 Å². The van der Waals surface area contributed by atoms with E-state index < -0.39 is 6.04 Å². The number of nitrogens with zero attached hydrogens (tertiary/aromatic N) is 1. The van der Waals surface area contributed by atoms with Gasteiger partial charge in [0.15, 0.2) is 0 Å². The smallest absolute Gasteiger partial charge is 0.146 e. The molecule has 17 heavy (non-hydrogen) atoms. The number of pyridine rings is 1. The van der Waals surface area contributed by atoms with Crippen molar-refractivity contribution in [1.29, 1.82) is 0 Å². The summed E-state index contributed by atoms with van der Waals surface area (Å²) < 4.78 is 13.6. The molecule has 0 aliphatic heterocycles. The molecule has 2 N–H and O–H groups in total. The third kappa shape index (κ3) is 2.19. The average molecular weight is 230 g/mol. The molecule has 1 unspecified atom stereocenters. The minimum Gasteiger partial charge on any atom is -0.319 e. The zero-order valence-electron chi connectivity index (χ0n) is 9.94. The second kappa shape index (κ2) is 4.63. The third-order valence-corrected chi connectivity index (χ3v) is 3.06. The van der Waals surface area contributed by atoms with Gasteiger partial charge in [0.1, 0.15) is 5.82 Å². The molecule has 0 aliphatic carbocycles. The highest BCUT2D eigenvalue weighted by Gasteiger charge is 2.16. The first kappa shape index (κ1) is 11.7. The summed E-state index contributed by atoms with van der Waals surface area (Å²) in [5.41, 5.74) is 9.53. The van der Waals surface area contributed by atoms with E-state index >= 15 is 0 Å². The maximum Gasteiger partial charge on any atom is 0.146 e. The van der Waals surface area contributed by atoms with Crippen molar-refractivity contribution < 1.29 is 4.39 Å². The van der Waals surface area contributed by atoms with Gasteiger partial charge in [-0.25, -0.2) is 4.39 Å². The number of halogens is 1. The number of rotatable bonds is 2. The Morgan fingerprint density at radius 2 is 1.94 bits per heavy atom. The van der Waals surface area contributed by atoms with Gasteiger partial charge in [0.05, 0.1) is 11.7 Å². The lowest BCUT2D eigenvalue weighted by molar-refractivity contribution is 0.585. The monoisotopic (exact) mass is 230 g/mol. The Hall–Kier alpha value is -1.74. The molecule has 0 aliphatic rings. The van der Waals surface area contributed by atoms with Crippen LogP contribution >= 0.6 is 0 Å². The molecule has 2 nitrogen and oxygen atoms in total. The Kier molecular flexibility index (Phi) is 3.20. The summed E-state index contributed by atoms with van der Waals surface area (Å²) in [4.78, 5) is 4.03. The van der Waals surface area contributed by atoms with Crippen LogP contribution in [0.15, 0.2) is 36.5 Å². The van der Waals surface area contributed by atoms with Crippen molar-refractivity contribution >= 4 is 0 Å². The van der Waals surface area contributed by atoms with Gasteiger partial charge in [-0.2, -0.15) is 0 Å². The summed E-state index contributed by atoms with van der Waals surface area (Å²) in [5.74, 6) is -0.360. The van der Waals surface area contributed by atoms with E-state index in [4.69, 9.17) is 5.73 Å². The van der Waals surface area contributed by atoms with Gasteiger partial charge in [-0.1, -0.05) is 18.2 Å². The number of aryl methyl sites for hydroxylation is 1. The highest BCUT2D eigenvalue weighted by atomic mass is 19.1. The first-order valence-corrected chi connectivity index (χ1v) is 5.53. The van der Waals surface area contributed by atoms with E-state index in [0.717, 1.165) is 16.7 Å². The fourth-order valence-electron chi connectivity index (χ4n) is 1.88. The number of aromatic nitrogens is 1. The lowest BCUT2D eigenvalue weighted by atomic mass is 9.96. The molecular weight excluding hydrogens is 215 g/mol. The van der Waals surface area contributed by atoms with E-state index in [0.29, 0.717) is 5.69 Å². The Balaban J connectivity index is 2.48. The van der Waals surface area contributed by atoms with Crippen LogP contribution in [0.3, 0.4) is 0 Å². The highest BCUT2D eigenvalue weighted by molar-refractivity contribution is 5.38. The lowest BCUT2D eigenvalue weighted by Crippen LogP contribution is -2.16. The van der Waals surface area contributed by atoms with Crippen LogP contribution in [0.2, 0.25) is 0 Å². The highest BCUT2D eigenvalue weighted by Crippen LogP contribution is 2.24. The molecule has 1 atom stereocenters. The Morgan fingerprint density at radius 3 is 2.65 bits per heavy atom. The maximum absolute atomic E-state index is 13.6. The molecule has 1 aromatic heterocycles. The summed E-state index contributed by atoms with van der Waals surface area (Å²) >= 11 is 0. The SMILES string of the molecule is Cc1cccc(C(N)c2ncccc2F)c1C. The van der Waals surface area contributed by atoms with E-state index in [1.54, 1.807) is 12.3 Å². The van der Waals surface area contributed by atoms with Gasteiger partial charge < -0.3 is 5.73 Å². The van der Waals surface area contributed by atoms with Crippen LogP contribution in [0.1, 0.15) is 28.4 Å². The van der Waals surface area contributed by atoms with Crippen molar-refractivity contribution in [2.75, 3.05) is 0 Å². The standard InChI is InChI=1S/C14H15FN2/c1-9-5-3-6-11(10(9)2)13(16)14-12(15)7-4-8-17-14/h3-8,13H,16H2,1-2H3. The predicted octanol–water partition coefficient (Wildman–Crippen LogP) is 2.89. The molecule has 0 spiro atoms. The van der Waals surface area contributed by atoms with Gasteiger partial charge in [-0.05, 0) is 42.7 Å². The zero-order chi connectivity index (χ0) is 12.4. The number of hydrogen-bond donors (Lipinski definition) is 1. The van der Waals surface area contributed by atoms with Crippen LogP contribution in [0.5, 0.6) is 0 Å². The van der Waals surface area contributed by atoms with E-state index in [1.807, 2.05) is 32.0 Å². The Morgan fingerprint density at radius 1 is 1.18 bits per heavy atom. The van der Waals surface area contributed by atoms with Gasteiger partial charge in [-0.15, -0.1) is 0 Å². The molecule has 0 bridgehead atoms. The summed E-state index contributed by atoms with van der Waals surface area (Å²) in [6.07, 6.45) is 1.56. The largest absolute Gasteiger partial charge is 0.319 e. The van der Waals surface area contributed by atoms with Gasteiger partial charge in [-0.3, -0.25) is 4.98 Å². The van der Waals surface area contributed by atoms with Crippen LogP contribution in [0.25, 0.3) is 0 Å². The Labute approximate surface area is 100 Å². The van der Waals surface area contributed by atoms with Crippen molar-refractivity contribution in [3.8, 4) is 0 Å². The fourth-order valence-corrected chi connectivity index (χ4v) is 1.88. The van der Waals surface area contributed by atoms with Crippen molar-refractivity contribution in [3.05, 3.63) is 64.7 Å². The first-order chi connectivity index (χ1) is 8.11. The minimum absolute atomic E-state index is 0.293. The molecule has 0 fully saturated rings. The second-order valence-corrected chi connectivity index (χ2v) is 4.14. The molecule has 3 heteroatoms. The molecule has 0 saturated carbocycles. The zero-order valence-corrected chi connectivity index (χ0v) is 9.94. The molecule has 0 amide bonds. The summed E-state index contributed by atoms with van der Waals surface area (Å²) in [6.45, 7) is 4.01. The van der Waals surface area contributed by atoms with Crippen molar-refractivity contribution in [2.45, 2.75) is 19.9 Å². The molecule has 1 aromatic carbocycles. The van der Waals surface area contributed by atoms with E-state index in [2.05, 4.69) is 4.98 Å². The predicted molar refractivity (Wildman–Crippen MR) is 66.1 cm³/mol. The van der Waals surface area contributed by atoms with Gasteiger partial charge >= 0.3 is 0 Å². The third-order valence-electron chi connectivity index (χ3n) is 3.06. The molecular formula is C14H15FN2. The van der Waals surface area contributed by atoms with Gasteiger partial charge in [0.2, 0.25) is 0 Å². The molecule has 2 rings (SSSR count). The fraction of sp³-hybridized carbons (Fsp3) is 0.214. The molecule has 0 saturated heterocycles. The van der Waals surface area contributed by atoms with Crippen molar-refractivity contribution in [3.63, 3.8) is 0 Å². The van der Waals surface area contributed by atoms with E-state index in [1.165, 1.54) is 6.07 Å². The lowest BCUT2D eigenvalue weighted by Gasteiger charge is -2.16. The van der Waals surface area contributed by atoms with Crippen LogP contribution in [0.4, 0.5) is 4.39 Å². The van der Waals surface area contributed by atoms with E-state index in [-0.39, 0.29) is 5.82 Å². The molecule has 1 heterocycles. The first-order valence-electron chi connectivity index (χ1n) is 5.53. The molecule has 0 radical (unpaired) electrons. The van der Waals surface area contributed by atoms with Crippen LogP contribution in [0, 0.1) is 19.7 Å². The Bertz CT molecular complexity index is 537. The average Bonchev–Trinajstić information content (AvgIpc) is 2.32. The van der Waals surface area contributed by atoms with Crippen molar-refractivity contribution in [1.82, 2.24) is 4.98 Å². The van der Waals surface area contributed by atoms with Crippen LogP contribution < -0.4 is 5.73 Å². The summed E-state index contributed by atoms with van der Waals surface area (Å²) in [5, 5.41) is 0. The quantitative estimate of drug-likeness (QED) is 0.861. The van der Waals surface area contributed by atoms with Gasteiger partial charge in [0.25, 0.3) is 0 Å². The number of nitrogens with two attached hydrogens (primary N) is 1. The maximum atomic E-state index is 13.6. The second-order valence-electron chi connectivity index (χ2n) is 4.14. The molecule has 88 valence electrons. The van der Waals surface area contributed by atoms with E-state index in [9.17, 15) is 4.39 Å². The summed E-state index contributed by atoms with van der Waals surface area (Å²) in [6, 6.07) is 8.29. The number of hydrogen-bond acceptors (Lipinski definition) is 2. The summed E-state index contributed by atoms with van der Waals surface area (Å²) in [7, 11) is 0. The molecule has 2 aromatic rings. The van der Waals surface area contributed by atoms with Crippen LogP contribution in [-0.4, -0.2) is 4.98 Å². The van der Waals surface area contributed by atoms with Crippen LogP contribution in [-0.2, 0) is 0 Å². The number of benzene rings is 1. The topological polar surface area (TPSA) is 38.9 Å². The normalized spacial score (nSPS) is 12.5.